The van der Waals surface area contributed by atoms with Crippen LogP contribution in [0.3, 0.4) is 0 Å². The number of rotatable bonds is 4. The predicted molar refractivity (Wildman–Crippen MR) is 117 cm³/mol. The summed E-state index contributed by atoms with van der Waals surface area (Å²) in [6, 6.07) is 8.72. The van der Waals surface area contributed by atoms with Gasteiger partial charge in [0.2, 0.25) is 0 Å². The number of ether oxygens (including phenoxy) is 1. The minimum absolute atomic E-state index is 0.162. The summed E-state index contributed by atoms with van der Waals surface area (Å²) in [4.78, 5) is 22.1. The van der Waals surface area contributed by atoms with E-state index < -0.39 is 5.82 Å². The summed E-state index contributed by atoms with van der Waals surface area (Å²) in [6.07, 6.45) is 4.06. The van der Waals surface area contributed by atoms with Gasteiger partial charge in [-0.2, -0.15) is 0 Å². The van der Waals surface area contributed by atoms with Gasteiger partial charge in [0.25, 0.3) is 5.56 Å². The molecule has 1 aliphatic rings. The molecule has 3 aromatic rings. The van der Waals surface area contributed by atoms with Crippen molar-refractivity contribution in [2.45, 2.75) is 25.8 Å². The van der Waals surface area contributed by atoms with E-state index in [0.29, 0.717) is 22.9 Å². The van der Waals surface area contributed by atoms with Crippen molar-refractivity contribution in [2.75, 3.05) is 39.2 Å². The van der Waals surface area contributed by atoms with Crippen LogP contribution >= 0.6 is 0 Å². The van der Waals surface area contributed by atoms with Gasteiger partial charge in [0.05, 0.1) is 18.5 Å². The second kappa shape index (κ2) is 8.07. The Balaban J connectivity index is 1.70. The molecule has 0 N–H and O–H groups in total. The summed E-state index contributed by atoms with van der Waals surface area (Å²) in [5.41, 5.74) is 3.34. The average molecular weight is 410 g/mol. The van der Waals surface area contributed by atoms with E-state index in [1.807, 2.05) is 13.1 Å². The maximum Gasteiger partial charge on any atom is 0.258 e. The Labute approximate surface area is 175 Å². The van der Waals surface area contributed by atoms with E-state index in [0.717, 1.165) is 37.2 Å². The first-order chi connectivity index (χ1) is 14.4. The fraction of sp³-hybridized carbons (Fsp3) is 0.391. The molecule has 2 aromatic heterocycles. The number of fused-ring (bicyclic) bond motifs is 1. The lowest BCUT2D eigenvalue weighted by Crippen LogP contribution is -2.42. The van der Waals surface area contributed by atoms with Crippen molar-refractivity contribution in [3.8, 4) is 17.0 Å². The first-order valence-corrected chi connectivity index (χ1v) is 10.2. The van der Waals surface area contributed by atoms with Gasteiger partial charge < -0.3 is 14.5 Å². The van der Waals surface area contributed by atoms with Gasteiger partial charge in [-0.3, -0.25) is 9.20 Å². The summed E-state index contributed by atoms with van der Waals surface area (Å²) in [5, 5.41) is 0. The molecule has 0 unspecified atom stereocenters. The summed E-state index contributed by atoms with van der Waals surface area (Å²) in [7, 11) is 5.67. The topological polar surface area (TPSA) is 50.1 Å². The van der Waals surface area contributed by atoms with Gasteiger partial charge in [-0.15, -0.1) is 0 Å². The molecule has 0 amide bonds. The van der Waals surface area contributed by atoms with E-state index in [9.17, 15) is 9.18 Å². The number of anilines is 1. The molecular formula is C23H27FN4O2. The number of aromatic nitrogens is 2. The van der Waals surface area contributed by atoms with Crippen LogP contribution in [0.25, 0.3) is 16.9 Å². The van der Waals surface area contributed by atoms with Gasteiger partial charge in [-0.1, -0.05) is 0 Å². The van der Waals surface area contributed by atoms with Gasteiger partial charge in [-0.25, -0.2) is 9.37 Å². The van der Waals surface area contributed by atoms with E-state index in [2.05, 4.69) is 34.9 Å². The molecule has 6 nitrogen and oxygen atoms in total. The highest BCUT2D eigenvalue weighted by Crippen LogP contribution is 2.26. The molecule has 4 rings (SSSR count). The van der Waals surface area contributed by atoms with Gasteiger partial charge >= 0.3 is 0 Å². The normalized spacial score (nSPS) is 15.2. The molecule has 0 aliphatic carbocycles. The molecule has 1 fully saturated rings. The molecule has 0 spiro atoms. The van der Waals surface area contributed by atoms with Crippen LogP contribution in [-0.2, 0) is 0 Å². The highest BCUT2D eigenvalue weighted by Gasteiger charge is 2.21. The van der Waals surface area contributed by atoms with E-state index in [-0.39, 0.29) is 11.3 Å². The zero-order chi connectivity index (χ0) is 21.4. The Hall–Kier alpha value is -2.93. The van der Waals surface area contributed by atoms with E-state index in [1.165, 1.54) is 19.2 Å². The van der Waals surface area contributed by atoms with Gasteiger partial charge in [0, 0.05) is 37.0 Å². The molecule has 7 heteroatoms. The first-order valence-electron chi connectivity index (χ1n) is 10.2. The largest absolute Gasteiger partial charge is 0.494 e. The molecule has 3 heterocycles. The van der Waals surface area contributed by atoms with Crippen LogP contribution in [0.15, 0.2) is 41.3 Å². The number of hydrogen-bond donors (Lipinski definition) is 0. The van der Waals surface area contributed by atoms with Crippen molar-refractivity contribution >= 4 is 11.3 Å². The quantitative estimate of drug-likeness (QED) is 0.660. The first kappa shape index (κ1) is 20.3. The van der Waals surface area contributed by atoms with E-state index >= 15 is 0 Å². The summed E-state index contributed by atoms with van der Waals surface area (Å²) >= 11 is 0. The van der Waals surface area contributed by atoms with Gasteiger partial charge in [0.15, 0.2) is 11.6 Å². The maximum absolute atomic E-state index is 14.1. The Morgan fingerprint density at radius 1 is 1.17 bits per heavy atom. The van der Waals surface area contributed by atoms with Crippen molar-refractivity contribution < 1.29 is 9.13 Å². The fourth-order valence-corrected chi connectivity index (χ4v) is 4.14. The Morgan fingerprint density at radius 3 is 2.53 bits per heavy atom. The van der Waals surface area contributed by atoms with Crippen LogP contribution in [0.1, 0.15) is 18.4 Å². The standard InChI is InChI=1S/C23H27FN4O2/c1-15-11-18(27-9-7-17(8-10-27)26(2)3)14-28-22(29)13-20(25-23(15)28)16-5-6-21(30-4)19(24)12-16/h5-6,11-14,17H,7-10H2,1-4H3. The van der Waals surface area contributed by atoms with Crippen LogP contribution in [-0.4, -0.2) is 54.6 Å². The van der Waals surface area contributed by atoms with Crippen molar-refractivity contribution in [1.82, 2.24) is 14.3 Å². The SMILES string of the molecule is COc1ccc(-c2cc(=O)n3cc(N4CCC(N(C)C)CC4)cc(C)c3n2)cc1F. The molecule has 158 valence electrons. The molecule has 0 radical (unpaired) electrons. The van der Waals surface area contributed by atoms with Crippen molar-refractivity contribution in [2.24, 2.45) is 0 Å². The van der Waals surface area contributed by atoms with Crippen LogP contribution in [0.5, 0.6) is 5.75 Å². The minimum atomic E-state index is -0.481. The third-order valence-electron chi connectivity index (χ3n) is 5.94. The monoisotopic (exact) mass is 410 g/mol. The number of piperidine rings is 1. The zero-order valence-electron chi connectivity index (χ0n) is 17.9. The van der Waals surface area contributed by atoms with Crippen LogP contribution < -0.4 is 15.2 Å². The fourth-order valence-electron chi connectivity index (χ4n) is 4.14. The lowest BCUT2D eigenvalue weighted by atomic mass is 10.0. The number of hydrogen-bond acceptors (Lipinski definition) is 5. The van der Waals surface area contributed by atoms with Crippen molar-refractivity contribution in [3.63, 3.8) is 0 Å². The summed E-state index contributed by atoms with van der Waals surface area (Å²) in [6.45, 7) is 3.87. The number of aryl methyl sites for hydroxylation is 1. The zero-order valence-corrected chi connectivity index (χ0v) is 17.9. The number of pyridine rings is 1. The maximum atomic E-state index is 14.1. The number of nitrogens with zero attached hydrogens (tertiary/aromatic N) is 4. The lowest BCUT2D eigenvalue weighted by molar-refractivity contribution is 0.249. The Bertz CT molecular complexity index is 1130. The smallest absolute Gasteiger partial charge is 0.258 e. The second-order valence-electron chi connectivity index (χ2n) is 8.09. The third kappa shape index (κ3) is 3.77. The molecule has 30 heavy (non-hydrogen) atoms. The van der Waals surface area contributed by atoms with Crippen LogP contribution in [0.4, 0.5) is 10.1 Å². The van der Waals surface area contributed by atoms with Gasteiger partial charge in [0.1, 0.15) is 5.65 Å². The number of benzene rings is 1. The predicted octanol–water partition coefficient (Wildman–Crippen LogP) is 3.35. The molecule has 0 atom stereocenters. The van der Waals surface area contributed by atoms with Crippen molar-refractivity contribution in [3.05, 3.63) is 58.3 Å². The Kier molecular flexibility index (Phi) is 5.47. The summed E-state index contributed by atoms with van der Waals surface area (Å²) in [5.74, 6) is -0.319. The highest BCUT2D eigenvalue weighted by atomic mass is 19.1. The Morgan fingerprint density at radius 2 is 1.90 bits per heavy atom. The molecular weight excluding hydrogens is 383 g/mol. The minimum Gasteiger partial charge on any atom is -0.494 e. The second-order valence-corrected chi connectivity index (χ2v) is 8.09. The summed E-state index contributed by atoms with van der Waals surface area (Å²) < 4.78 is 20.7. The molecule has 1 aromatic carbocycles. The van der Waals surface area contributed by atoms with Crippen LogP contribution in [0.2, 0.25) is 0 Å². The van der Waals surface area contributed by atoms with Crippen LogP contribution in [0, 0.1) is 12.7 Å². The third-order valence-corrected chi connectivity index (χ3v) is 5.94. The van der Waals surface area contributed by atoms with Crippen molar-refractivity contribution in [1.29, 1.82) is 0 Å². The molecule has 1 saturated heterocycles. The average Bonchev–Trinajstić information content (AvgIpc) is 2.74. The molecule has 0 bridgehead atoms. The highest BCUT2D eigenvalue weighted by molar-refractivity contribution is 5.65. The van der Waals surface area contributed by atoms with Gasteiger partial charge in [-0.05, 0) is 63.7 Å². The molecule has 1 aliphatic heterocycles. The van der Waals surface area contributed by atoms with E-state index in [1.54, 1.807) is 16.5 Å². The number of methoxy groups -OCH3 is 1. The molecule has 0 saturated carbocycles. The lowest BCUT2D eigenvalue weighted by Gasteiger charge is -2.36. The van der Waals surface area contributed by atoms with E-state index in [4.69, 9.17) is 4.74 Å². The number of halogens is 1.